The van der Waals surface area contributed by atoms with Gasteiger partial charge in [0.05, 0.1) is 22.2 Å². The molecule has 106 valence electrons. The van der Waals surface area contributed by atoms with E-state index in [-0.39, 0.29) is 28.5 Å². The van der Waals surface area contributed by atoms with Crippen LogP contribution < -0.4 is 4.74 Å². The molecule has 0 fully saturated rings. The van der Waals surface area contributed by atoms with E-state index in [9.17, 15) is 9.18 Å². The van der Waals surface area contributed by atoms with Gasteiger partial charge < -0.3 is 4.74 Å². The smallest absolute Gasteiger partial charge is 0.153 e. The number of benzene rings is 2. The van der Waals surface area contributed by atoms with Crippen molar-refractivity contribution in [1.82, 2.24) is 0 Å². The van der Waals surface area contributed by atoms with E-state index in [4.69, 9.17) is 33.2 Å². The zero-order valence-electron chi connectivity index (χ0n) is 10.6. The zero-order chi connectivity index (χ0) is 15.4. The molecule has 21 heavy (non-hydrogen) atoms. The normalized spacial score (nSPS) is 10.0. The summed E-state index contributed by atoms with van der Waals surface area (Å²) in [5.74, 6) is -0.385. The molecule has 0 aliphatic heterocycles. The van der Waals surface area contributed by atoms with Gasteiger partial charge in [0.1, 0.15) is 18.2 Å². The second-order valence-corrected chi connectivity index (χ2v) is 4.97. The van der Waals surface area contributed by atoms with E-state index in [0.29, 0.717) is 16.9 Å². The Labute approximate surface area is 130 Å². The summed E-state index contributed by atoms with van der Waals surface area (Å²) < 4.78 is 19.1. The topological polar surface area (TPSA) is 50.1 Å². The van der Waals surface area contributed by atoms with Crippen molar-refractivity contribution in [1.29, 1.82) is 5.26 Å². The van der Waals surface area contributed by atoms with Gasteiger partial charge in [-0.2, -0.15) is 5.26 Å². The first-order chi connectivity index (χ1) is 10.0. The van der Waals surface area contributed by atoms with E-state index >= 15 is 0 Å². The Kier molecular flexibility index (Phi) is 4.79. The molecule has 0 heterocycles. The van der Waals surface area contributed by atoms with E-state index in [2.05, 4.69) is 0 Å². The number of nitriles is 1. The summed E-state index contributed by atoms with van der Waals surface area (Å²) in [6.45, 7) is -0.163. The molecule has 0 saturated carbocycles. The van der Waals surface area contributed by atoms with Crippen molar-refractivity contribution in [2.45, 2.75) is 6.61 Å². The molecule has 0 N–H and O–H groups in total. The van der Waals surface area contributed by atoms with Crippen molar-refractivity contribution in [2.75, 3.05) is 0 Å². The lowest BCUT2D eigenvalue weighted by atomic mass is 10.1. The number of halogens is 3. The van der Waals surface area contributed by atoms with Crippen molar-refractivity contribution in [3.05, 3.63) is 62.9 Å². The van der Waals surface area contributed by atoms with E-state index in [1.165, 1.54) is 30.3 Å². The number of carbonyl (C=O) groups is 1. The second kappa shape index (κ2) is 6.57. The van der Waals surface area contributed by atoms with Gasteiger partial charge in [0.25, 0.3) is 0 Å². The van der Waals surface area contributed by atoms with Crippen molar-refractivity contribution in [3.8, 4) is 11.8 Å². The molecule has 0 spiro atoms. The van der Waals surface area contributed by atoms with Crippen LogP contribution in [0, 0.1) is 17.1 Å². The Morgan fingerprint density at radius 3 is 2.71 bits per heavy atom. The highest BCUT2D eigenvalue weighted by molar-refractivity contribution is 6.36. The predicted octanol–water partition coefficient (Wildman–Crippen LogP) is 4.40. The molecule has 0 unspecified atom stereocenters. The fourth-order valence-corrected chi connectivity index (χ4v) is 2.29. The Bertz CT molecular complexity index is 741. The first-order valence-corrected chi connectivity index (χ1v) is 6.56. The Morgan fingerprint density at radius 2 is 2.05 bits per heavy atom. The number of hydrogen-bond acceptors (Lipinski definition) is 3. The lowest BCUT2D eigenvalue weighted by molar-refractivity contribution is 0.111. The molecular weight excluding hydrogens is 316 g/mol. The maximum Gasteiger partial charge on any atom is 0.153 e. The third kappa shape index (κ3) is 3.52. The first kappa shape index (κ1) is 15.3. The van der Waals surface area contributed by atoms with Crippen molar-refractivity contribution in [3.63, 3.8) is 0 Å². The first-order valence-electron chi connectivity index (χ1n) is 5.80. The van der Waals surface area contributed by atoms with Crippen LogP contribution in [0.3, 0.4) is 0 Å². The van der Waals surface area contributed by atoms with Crippen LogP contribution in [0.1, 0.15) is 21.5 Å². The average Bonchev–Trinajstić information content (AvgIpc) is 2.47. The molecule has 2 aromatic rings. The third-order valence-electron chi connectivity index (χ3n) is 2.71. The summed E-state index contributed by atoms with van der Waals surface area (Å²) in [6.07, 6.45) is 0.551. The van der Waals surface area contributed by atoms with Crippen LogP contribution >= 0.6 is 23.2 Å². The summed E-state index contributed by atoms with van der Waals surface area (Å²) in [6, 6.07) is 8.66. The molecule has 2 rings (SSSR count). The summed E-state index contributed by atoms with van der Waals surface area (Å²) in [7, 11) is 0. The minimum atomic E-state index is -0.508. The maximum absolute atomic E-state index is 13.6. The Balaban J connectivity index is 2.29. The van der Waals surface area contributed by atoms with E-state index < -0.39 is 5.82 Å². The molecule has 2 aromatic carbocycles. The highest BCUT2D eigenvalue weighted by atomic mass is 35.5. The average molecular weight is 324 g/mol. The number of hydrogen-bond donors (Lipinski definition) is 0. The lowest BCUT2D eigenvalue weighted by Gasteiger charge is -2.11. The fourth-order valence-electron chi connectivity index (χ4n) is 1.72. The number of aldehydes is 1. The molecule has 0 bridgehead atoms. The van der Waals surface area contributed by atoms with Crippen LogP contribution in [0.2, 0.25) is 10.0 Å². The molecule has 0 aliphatic carbocycles. The van der Waals surface area contributed by atoms with Crippen molar-refractivity contribution < 1.29 is 13.9 Å². The van der Waals surface area contributed by atoms with Crippen LogP contribution in [-0.4, -0.2) is 6.29 Å². The van der Waals surface area contributed by atoms with E-state index in [1.54, 1.807) is 0 Å². The largest absolute Gasteiger partial charge is 0.486 e. The highest BCUT2D eigenvalue weighted by Gasteiger charge is 2.12. The Morgan fingerprint density at radius 1 is 1.29 bits per heavy atom. The molecule has 0 saturated heterocycles. The molecular formula is C15H8Cl2FNO2. The van der Waals surface area contributed by atoms with Crippen LogP contribution in [-0.2, 0) is 6.61 Å². The lowest BCUT2D eigenvalue weighted by Crippen LogP contribution is -2.02. The monoisotopic (exact) mass is 323 g/mol. The van der Waals surface area contributed by atoms with E-state index in [1.807, 2.05) is 6.07 Å². The van der Waals surface area contributed by atoms with Crippen molar-refractivity contribution in [2.24, 2.45) is 0 Å². The van der Waals surface area contributed by atoms with Gasteiger partial charge in [0, 0.05) is 10.6 Å². The summed E-state index contributed by atoms with van der Waals surface area (Å²) in [4.78, 5) is 11.0. The number of nitrogens with zero attached hydrogens (tertiary/aromatic N) is 1. The third-order valence-corrected chi connectivity index (χ3v) is 3.21. The molecule has 0 aromatic heterocycles. The van der Waals surface area contributed by atoms with Gasteiger partial charge in [-0.3, -0.25) is 4.79 Å². The summed E-state index contributed by atoms with van der Waals surface area (Å²) >= 11 is 11.8. The van der Waals surface area contributed by atoms with Crippen LogP contribution in [0.4, 0.5) is 4.39 Å². The van der Waals surface area contributed by atoms with Gasteiger partial charge >= 0.3 is 0 Å². The zero-order valence-corrected chi connectivity index (χ0v) is 12.1. The summed E-state index contributed by atoms with van der Waals surface area (Å²) in [5.41, 5.74) is 0.675. The van der Waals surface area contributed by atoms with Crippen LogP contribution in [0.5, 0.6) is 5.75 Å². The van der Waals surface area contributed by atoms with Crippen molar-refractivity contribution >= 4 is 29.5 Å². The fraction of sp³-hybridized carbons (Fsp3) is 0.0667. The molecule has 6 heteroatoms. The minimum Gasteiger partial charge on any atom is -0.486 e. The van der Waals surface area contributed by atoms with Gasteiger partial charge in [-0.15, -0.1) is 0 Å². The van der Waals surface area contributed by atoms with E-state index in [0.717, 1.165) is 0 Å². The number of ether oxygens (including phenoxy) is 1. The SMILES string of the molecule is N#Cc1ccc(F)c(COc2c(Cl)cc(Cl)cc2C=O)c1. The Hall–Kier alpha value is -2.09. The quantitative estimate of drug-likeness (QED) is 0.784. The van der Waals surface area contributed by atoms with Crippen LogP contribution in [0.15, 0.2) is 30.3 Å². The van der Waals surface area contributed by atoms with Gasteiger partial charge in [-0.1, -0.05) is 23.2 Å². The van der Waals surface area contributed by atoms with Gasteiger partial charge in [-0.05, 0) is 30.3 Å². The number of carbonyl (C=O) groups excluding carboxylic acids is 1. The molecule has 0 aliphatic rings. The second-order valence-electron chi connectivity index (χ2n) is 4.13. The molecule has 0 amide bonds. The predicted molar refractivity (Wildman–Crippen MR) is 77.3 cm³/mol. The number of rotatable bonds is 4. The summed E-state index contributed by atoms with van der Waals surface area (Å²) in [5, 5.41) is 9.25. The van der Waals surface area contributed by atoms with Gasteiger partial charge in [-0.25, -0.2) is 4.39 Å². The van der Waals surface area contributed by atoms with Crippen LogP contribution in [0.25, 0.3) is 0 Å². The molecule has 0 atom stereocenters. The van der Waals surface area contributed by atoms with Gasteiger partial charge in [0.15, 0.2) is 6.29 Å². The maximum atomic E-state index is 13.6. The molecule has 3 nitrogen and oxygen atoms in total. The molecule has 0 radical (unpaired) electrons. The van der Waals surface area contributed by atoms with Gasteiger partial charge in [0.2, 0.25) is 0 Å². The minimum absolute atomic E-state index is 0.123. The highest BCUT2D eigenvalue weighted by Crippen LogP contribution is 2.32. The standard InChI is InChI=1S/C15H8Cl2FNO2/c16-12-4-10(7-20)15(13(17)5-12)21-8-11-3-9(6-19)1-2-14(11)18/h1-5,7H,8H2.